The molecule has 0 atom stereocenters. The largest absolute Gasteiger partial charge is 0.456 e. The second kappa shape index (κ2) is 10.7. The third kappa shape index (κ3) is 4.81. The van der Waals surface area contributed by atoms with Gasteiger partial charge in [-0.1, -0.05) is 109 Å². The van der Waals surface area contributed by atoms with Gasteiger partial charge in [0.25, 0.3) is 0 Å². The molecule has 7 aromatic rings. The topological polar surface area (TPSA) is 16.4 Å². The Morgan fingerprint density at radius 2 is 0.902 bits per heavy atom. The Hall–Kier alpha value is -5.34. The molecule has 0 fully saturated rings. The maximum Gasteiger partial charge on any atom is 0.138 e. The number of benzene rings is 6. The Morgan fingerprint density at radius 3 is 1.56 bits per heavy atom. The van der Waals surface area contributed by atoms with Crippen molar-refractivity contribution >= 4 is 28.0 Å². The van der Waals surface area contributed by atoms with Crippen molar-refractivity contribution in [1.29, 1.82) is 0 Å². The van der Waals surface area contributed by atoms with Crippen LogP contribution in [0.2, 0.25) is 0 Å². The summed E-state index contributed by atoms with van der Waals surface area (Å²) in [4.78, 5) is 2.30. The molecule has 2 heteroatoms. The summed E-state index contributed by atoms with van der Waals surface area (Å²) in [5.74, 6) is 0.930. The van der Waals surface area contributed by atoms with Crippen LogP contribution in [0.3, 0.4) is 0 Å². The van der Waals surface area contributed by atoms with Gasteiger partial charge in [-0.2, -0.15) is 0 Å². The second-order valence-corrected chi connectivity index (χ2v) is 10.3. The molecule has 0 radical (unpaired) electrons. The van der Waals surface area contributed by atoms with E-state index in [1.54, 1.807) is 0 Å². The quantitative estimate of drug-likeness (QED) is 0.214. The minimum atomic E-state index is 0.924. The van der Waals surface area contributed by atoms with Crippen LogP contribution in [0.25, 0.3) is 44.5 Å². The van der Waals surface area contributed by atoms with E-state index >= 15 is 0 Å². The average molecular weight is 528 g/mol. The molecule has 0 bridgehead atoms. The third-order valence-electron chi connectivity index (χ3n) is 7.67. The Kier molecular flexibility index (Phi) is 6.42. The van der Waals surface area contributed by atoms with E-state index in [-0.39, 0.29) is 0 Å². The summed E-state index contributed by atoms with van der Waals surface area (Å²) in [6, 6.07) is 55.4. The molecule has 0 spiro atoms. The summed E-state index contributed by atoms with van der Waals surface area (Å²) in [6.45, 7) is 2.13. The van der Waals surface area contributed by atoms with Gasteiger partial charge in [0.2, 0.25) is 0 Å². The SMILES string of the molecule is Cc1c(-c2cccc(-c3ccc(N(c4ccccc4)c4ccc(-c5ccccc5)cc4)cc3)c2)oc2ccccc12. The summed E-state index contributed by atoms with van der Waals surface area (Å²) >= 11 is 0. The molecule has 0 aliphatic carbocycles. The van der Waals surface area contributed by atoms with Crippen molar-refractivity contribution in [2.75, 3.05) is 4.90 Å². The van der Waals surface area contributed by atoms with Gasteiger partial charge in [0.1, 0.15) is 11.3 Å². The maximum atomic E-state index is 6.25. The fourth-order valence-corrected chi connectivity index (χ4v) is 5.55. The van der Waals surface area contributed by atoms with Gasteiger partial charge in [0.15, 0.2) is 0 Å². The van der Waals surface area contributed by atoms with Crippen LogP contribution in [0.5, 0.6) is 0 Å². The van der Waals surface area contributed by atoms with Gasteiger partial charge in [-0.15, -0.1) is 0 Å². The van der Waals surface area contributed by atoms with Crippen LogP contribution < -0.4 is 4.90 Å². The van der Waals surface area contributed by atoms with E-state index in [0.29, 0.717) is 0 Å². The van der Waals surface area contributed by atoms with Gasteiger partial charge >= 0.3 is 0 Å². The van der Waals surface area contributed by atoms with Crippen molar-refractivity contribution in [3.05, 3.63) is 163 Å². The van der Waals surface area contributed by atoms with Crippen LogP contribution in [0, 0.1) is 6.92 Å². The number of furan rings is 1. The average Bonchev–Trinajstić information content (AvgIpc) is 3.39. The number of hydrogen-bond donors (Lipinski definition) is 0. The van der Waals surface area contributed by atoms with Crippen LogP contribution in [0.4, 0.5) is 17.1 Å². The van der Waals surface area contributed by atoms with Crippen LogP contribution in [0.1, 0.15) is 5.56 Å². The van der Waals surface area contributed by atoms with Gasteiger partial charge in [-0.25, -0.2) is 0 Å². The standard InChI is InChI=1S/C39H29NO/c1-28-37-17-8-9-18-38(37)41-39(28)33-14-10-13-32(27-33)31-21-25-36(26-22-31)40(34-15-6-3-7-16-34)35-23-19-30(20-24-35)29-11-4-2-5-12-29/h2-27H,1H3. The molecule has 0 N–H and O–H groups in total. The van der Waals surface area contributed by atoms with Gasteiger partial charge in [0.05, 0.1) is 0 Å². The first kappa shape index (κ1) is 24.7. The normalized spacial score (nSPS) is 11.0. The number of anilines is 3. The van der Waals surface area contributed by atoms with Gasteiger partial charge in [-0.3, -0.25) is 0 Å². The highest BCUT2D eigenvalue weighted by Crippen LogP contribution is 2.38. The number of nitrogens with zero attached hydrogens (tertiary/aromatic N) is 1. The maximum absolute atomic E-state index is 6.25. The predicted molar refractivity (Wildman–Crippen MR) is 172 cm³/mol. The van der Waals surface area contributed by atoms with Crippen LogP contribution in [-0.2, 0) is 0 Å². The van der Waals surface area contributed by atoms with Crippen LogP contribution >= 0.6 is 0 Å². The lowest BCUT2D eigenvalue weighted by Crippen LogP contribution is -2.09. The number of fused-ring (bicyclic) bond motifs is 1. The monoisotopic (exact) mass is 527 g/mol. The molecule has 41 heavy (non-hydrogen) atoms. The Morgan fingerprint density at radius 1 is 0.415 bits per heavy atom. The van der Waals surface area contributed by atoms with Crippen molar-refractivity contribution in [2.24, 2.45) is 0 Å². The van der Waals surface area contributed by atoms with Gasteiger partial charge in [-0.05, 0) is 77.7 Å². The number of rotatable bonds is 6. The van der Waals surface area contributed by atoms with Crippen molar-refractivity contribution in [1.82, 2.24) is 0 Å². The minimum Gasteiger partial charge on any atom is -0.456 e. The molecule has 2 nitrogen and oxygen atoms in total. The summed E-state index contributed by atoms with van der Waals surface area (Å²) in [5.41, 5.74) is 11.3. The second-order valence-electron chi connectivity index (χ2n) is 10.3. The lowest BCUT2D eigenvalue weighted by Gasteiger charge is -2.26. The van der Waals surface area contributed by atoms with Crippen molar-refractivity contribution in [3.8, 4) is 33.6 Å². The van der Waals surface area contributed by atoms with E-state index in [1.807, 2.05) is 12.1 Å². The summed E-state index contributed by atoms with van der Waals surface area (Å²) < 4.78 is 6.25. The minimum absolute atomic E-state index is 0.924. The molecule has 0 saturated heterocycles. The lowest BCUT2D eigenvalue weighted by atomic mass is 10.00. The smallest absolute Gasteiger partial charge is 0.138 e. The first-order valence-corrected chi connectivity index (χ1v) is 13.9. The fraction of sp³-hybridized carbons (Fsp3) is 0.0256. The molecule has 6 aromatic carbocycles. The molecular formula is C39H29NO. The highest BCUT2D eigenvalue weighted by atomic mass is 16.3. The highest BCUT2D eigenvalue weighted by molar-refractivity contribution is 5.88. The zero-order valence-corrected chi connectivity index (χ0v) is 22.9. The molecule has 1 aromatic heterocycles. The Balaban J connectivity index is 1.22. The third-order valence-corrected chi connectivity index (χ3v) is 7.67. The van der Waals surface area contributed by atoms with Crippen molar-refractivity contribution in [3.63, 3.8) is 0 Å². The Labute approximate surface area is 240 Å². The zero-order valence-electron chi connectivity index (χ0n) is 22.9. The molecule has 0 unspecified atom stereocenters. The molecule has 7 rings (SSSR count). The zero-order chi connectivity index (χ0) is 27.6. The van der Waals surface area contributed by atoms with Crippen molar-refractivity contribution < 1.29 is 4.42 Å². The summed E-state index contributed by atoms with van der Waals surface area (Å²) in [5, 5.41) is 1.16. The van der Waals surface area contributed by atoms with E-state index in [9.17, 15) is 0 Å². The van der Waals surface area contributed by atoms with E-state index < -0.39 is 0 Å². The predicted octanol–water partition coefficient (Wildman–Crippen LogP) is 11.2. The number of aryl methyl sites for hydroxylation is 1. The molecule has 0 aliphatic rings. The molecular weight excluding hydrogens is 498 g/mol. The first-order chi connectivity index (χ1) is 20.2. The Bertz CT molecular complexity index is 1920. The lowest BCUT2D eigenvalue weighted by molar-refractivity contribution is 0.629. The van der Waals surface area contributed by atoms with Gasteiger partial charge < -0.3 is 9.32 Å². The van der Waals surface area contributed by atoms with Crippen molar-refractivity contribution in [2.45, 2.75) is 6.92 Å². The molecule has 0 aliphatic heterocycles. The molecule has 0 saturated carbocycles. The highest BCUT2D eigenvalue weighted by Gasteiger charge is 2.15. The molecule has 1 heterocycles. The van der Waals surface area contributed by atoms with E-state index in [2.05, 4.69) is 157 Å². The summed E-state index contributed by atoms with van der Waals surface area (Å²) in [7, 11) is 0. The van der Waals surface area contributed by atoms with Crippen LogP contribution in [-0.4, -0.2) is 0 Å². The van der Waals surface area contributed by atoms with E-state index in [1.165, 1.54) is 16.7 Å². The van der Waals surface area contributed by atoms with Crippen LogP contribution in [0.15, 0.2) is 162 Å². The van der Waals surface area contributed by atoms with Gasteiger partial charge in [0, 0.05) is 33.6 Å². The summed E-state index contributed by atoms with van der Waals surface area (Å²) in [6.07, 6.45) is 0. The number of para-hydroxylation sites is 2. The first-order valence-electron chi connectivity index (χ1n) is 13.9. The van der Waals surface area contributed by atoms with E-state index in [0.717, 1.165) is 50.5 Å². The molecule has 196 valence electrons. The number of hydrogen-bond acceptors (Lipinski definition) is 2. The fourth-order valence-electron chi connectivity index (χ4n) is 5.55. The van der Waals surface area contributed by atoms with E-state index in [4.69, 9.17) is 4.42 Å². The molecule has 0 amide bonds.